The summed E-state index contributed by atoms with van der Waals surface area (Å²) in [5.41, 5.74) is 3.66. The van der Waals surface area contributed by atoms with Crippen LogP contribution in [0.15, 0.2) is 48.5 Å². The number of nitrogens with zero attached hydrogens (tertiary/aromatic N) is 2. The number of hydrogen-bond donors (Lipinski definition) is 1. The molecule has 3 nitrogen and oxygen atoms in total. The molecule has 0 radical (unpaired) electrons. The minimum atomic E-state index is 0.0629. The molecule has 0 aliphatic rings. The summed E-state index contributed by atoms with van der Waals surface area (Å²) in [5.74, 6) is 0. The SMILES string of the molecule is CN(Cc1ccc(CO)cc1)c1ccccc1C#N. The highest BCUT2D eigenvalue weighted by Crippen LogP contribution is 2.20. The Kier molecular flexibility index (Phi) is 4.17. The first-order chi connectivity index (χ1) is 9.24. The van der Waals surface area contributed by atoms with Crippen molar-refractivity contribution in [2.24, 2.45) is 0 Å². The van der Waals surface area contributed by atoms with Crippen LogP contribution >= 0.6 is 0 Å². The van der Waals surface area contributed by atoms with Crippen molar-refractivity contribution < 1.29 is 5.11 Å². The van der Waals surface area contributed by atoms with E-state index in [2.05, 4.69) is 6.07 Å². The molecule has 0 atom stereocenters. The standard InChI is InChI=1S/C16H16N2O/c1-18(16-5-3-2-4-15(16)10-17)11-13-6-8-14(12-19)9-7-13/h2-9,19H,11-12H2,1H3. The van der Waals surface area contributed by atoms with Gasteiger partial charge in [0.05, 0.1) is 17.9 Å². The van der Waals surface area contributed by atoms with Crippen molar-refractivity contribution in [2.75, 3.05) is 11.9 Å². The highest BCUT2D eigenvalue weighted by atomic mass is 16.3. The van der Waals surface area contributed by atoms with Gasteiger partial charge in [-0.25, -0.2) is 0 Å². The van der Waals surface area contributed by atoms with Crippen LogP contribution in [0.4, 0.5) is 5.69 Å². The van der Waals surface area contributed by atoms with Crippen LogP contribution < -0.4 is 4.90 Å². The van der Waals surface area contributed by atoms with E-state index >= 15 is 0 Å². The maximum atomic E-state index is 9.10. The Morgan fingerprint density at radius 2 is 1.68 bits per heavy atom. The molecule has 3 heteroatoms. The maximum absolute atomic E-state index is 9.10. The van der Waals surface area contributed by atoms with E-state index in [4.69, 9.17) is 10.4 Å². The molecule has 0 unspecified atom stereocenters. The molecule has 1 N–H and O–H groups in total. The quantitative estimate of drug-likeness (QED) is 0.910. The second-order valence-electron chi connectivity index (χ2n) is 4.46. The number of rotatable bonds is 4. The van der Waals surface area contributed by atoms with Gasteiger partial charge in [-0.15, -0.1) is 0 Å². The van der Waals surface area contributed by atoms with Crippen molar-refractivity contribution >= 4 is 5.69 Å². The van der Waals surface area contributed by atoms with Gasteiger partial charge in [0.2, 0.25) is 0 Å². The molecule has 0 spiro atoms. The molecule has 0 fully saturated rings. The van der Waals surface area contributed by atoms with Crippen LogP contribution in [0, 0.1) is 11.3 Å². The summed E-state index contributed by atoms with van der Waals surface area (Å²) in [4.78, 5) is 2.05. The summed E-state index contributed by atoms with van der Waals surface area (Å²) >= 11 is 0. The van der Waals surface area contributed by atoms with Crippen molar-refractivity contribution in [1.29, 1.82) is 5.26 Å². The van der Waals surface area contributed by atoms with Crippen LogP contribution in [0.5, 0.6) is 0 Å². The Morgan fingerprint density at radius 1 is 1.05 bits per heavy atom. The van der Waals surface area contributed by atoms with Crippen molar-refractivity contribution in [1.82, 2.24) is 0 Å². The summed E-state index contributed by atoms with van der Waals surface area (Å²) < 4.78 is 0. The average molecular weight is 252 g/mol. The summed E-state index contributed by atoms with van der Waals surface area (Å²) in [5, 5.41) is 18.1. The third kappa shape index (κ3) is 3.12. The minimum Gasteiger partial charge on any atom is -0.392 e. The Bertz CT molecular complexity index is 584. The molecule has 0 heterocycles. The van der Waals surface area contributed by atoms with Gasteiger partial charge in [0.15, 0.2) is 0 Å². The van der Waals surface area contributed by atoms with E-state index in [-0.39, 0.29) is 6.61 Å². The van der Waals surface area contributed by atoms with Gasteiger partial charge in [-0.05, 0) is 23.3 Å². The highest BCUT2D eigenvalue weighted by molar-refractivity contribution is 5.58. The first kappa shape index (κ1) is 13.1. The Labute approximate surface area is 113 Å². The Balaban J connectivity index is 2.16. The summed E-state index contributed by atoms with van der Waals surface area (Å²) in [6.07, 6.45) is 0. The van der Waals surface area contributed by atoms with E-state index in [0.29, 0.717) is 5.56 Å². The fraction of sp³-hybridized carbons (Fsp3) is 0.188. The second-order valence-corrected chi connectivity index (χ2v) is 4.46. The second kappa shape index (κ2) is 6.03. The van der Waals surface area contributed by atoms with Crippen LogP contribution in [0.25, 0.3) is 0 Å². The lowest BCUT2D eigenvalue weighted by molar-refractivity contribution is 0.282. The van der Waals surface area contributed by atoms with E-state index in [1.165, 1.54) is 0 Å². The molecule has 0 aliphatic carbocycles. The van der Waals surface area contributed by atoms with Gasteiger partial charge in [0.25, 0.3) is 0 Å². The molecule has 0 aliphatic heterocycles. The highest BCUT2D eigenvalue weighted by Gasteiger charge is 2.06. The zero-order chi connectivity index (χ0) is 13.7. The number of aliphatic hydroxyl groups is 1. The molecular formula is C16H16N2O. The number of benzene rings is 2. The molecule has 19 heavy (non-hydrogen) atoms. The van der Waals surface area contributed by atoms with Gasteiger partial charge in [0.1, 0.15) is 6.07 Å². The van der Waals surface area contributed by atoms with Crippen molar-refractivity contribution in [2.45, 2.75) is 13.2 Å². The molecule has 0 bridgehead atoms. The van der Waals surface area contributed by atoms with Crippen LogP contribution in [-0.4, -0.2) is 12.2 Å². The molecule has 96 valence electrons. The normalized spacial score (nSPS) is 9.95. The first-order valence-electron chi connectivity index (χ1n) is 6.13. The summed E-state index contributed by atoms with van der Waals surface area (Å²) in [6.45, 7) is 0.789. The third-order valence-corrected chi connectivity index (χ3v) is 3.06. The van der Waals surface area contributed by atoms with E-state index in [0.717, 1.165) is 23.4 Å². The predicted octanol–water partition coefficient (Wildman–Crippen LogP) is 2.69. The molecule has 2 aromatic rings. The van der Waals surface area contributed by atoms with Crippen molar-refractivity contribution in [3.63, 3.8) is 0 Å². The van der Waals surface area contributed by atoms with Gasteiger partial charge in [-0.3, -0.25) is 0 Å². The lowest BCUT2D eigenvalue weighted by atomic mass is 10.1. The van der Waals surface area contributed by atoms with E-state index in [9.17, 15) is 0 Å². The largest absolute Gasteiger partial charge is 0.392 e. The fourth-order valence-electron chi connectivity index (χ4n) is 2.01. The molecule has 0 saturated carbocycles. The lowest BCUT2D eigenvalue weighted by Gasteiger charge is -2.20. The molecule has 0 aromatic heterocycles. The first-order valence-corrected chi connectivity index (χ1v) is 6.13. The summed E-state index contributed by atoms with van der Waals surface area (Å²) in [7, 11) is 1.97. The van der Waals surface area contributed by atoms with Gasteiger partial charge in [0, 0.05) is 13.6 Å². The Morgan fingerprint density at radius 3 is 2.32 bits per heavy atom. The van der Waals surface area contributed by atoms with Crippen molar-refractivity contribution in [3.8, 4) is 6.07 Å². The molecule has 0 saturated heterocycles. The average Bonchev–Trinajstić information content (AvgIpc) is 2.48. The van der Waals surface area contributed by atoms with Gasteiger partial charge in [-0.2, -0.15) is 5.26 Å². The molecule has 2 rings (SSSR count). The van der Waals surface area contributed by atoms with Crippen LogP contribution in [0.1, 0.15) is 16.7 Å². The summed E-state index contributed by atoms with van der Waals surface area (Å²) in [6, 6.07) is 17.6. The number of para-hydroxylation sites is 1. The molecular weight excluding hydrogens is 236 g/mol. The predicted molar refractivity (Wildman–Crippen MR) is 75.6 cm³/mol. The fourth-order valence-corrected chi connectivity index (χ4v) is 2.01. The van der Waals surface area contributed by atoms with E-state index in [1.807, 2.05) is 60.5 Å². The zero-order valence-corrected chi connectivity index (χ0v) is 10.9. The number of hydrogen-bond acceptors (Lipinski definition) is 3. The maximum Gasteiger partial charge on any atom is 0.101 e. The molecule has 2 aromatic carbocycles. The monoisotopic (exact) mass is 252 g/mol. The van der Waals surface area contributed by atoms with Crippen molar-refractivity contribution in [3.05, 3.63) is 65.2 Å². The van der Waals surface area contributed by atoms with Gasteiger partial charge in [-0.1, -0.05) is 36.4 Å². The van der Waals surface area contributed by atoms with Crippen LogP contribution in [0.3, 0.4) is 0 Å². The van der Waals surface area contributed by atoms with Gasteiger partial charge < -0.3 is 10.0 Å². The molecule has 0 amide bonds. The van der Waals surface area contributed by atoms with Crippen LogP contribution in [0.2, 0.25) is 0 Å². The van der Waals surface area contributed by atoms with E-state index < -0.39 is 0 Å². The minimum absolute atomic E-state index is 0.0629. The zero-order valence-electron chi connectivity index (χ0n) is 10.9. The topological polar surface area (TPSA) is 47.3 Å². The Hall–Kier alpha value is -2.31. The van der Waals surface area contributed by atoms with E-state index in [1.54, 1.807) is 0 Å². The number of aliphatic hydroxyl groups excluding tert-OH is 1. The lowest BCUT2D eigenvalue weighted by Crippen LogP contribution is -2.17. The van der Waals surface area contributed by atoms with Gasteiger partial charge >= 0.3 is 0 Å². The third-order valence-electron chi connectivity index (χ3n) is 3.06. The number of anilines is 1. The van der Waals surface area contributed by atoms with Crippen LogP contribution in [-0.2, 0) is 13.2 Å². The smallest absolute Gasteiger partial charge is 0.101 e. The number of nitriles is 1.